The number of hydrogen-bond donors (Lipinski definition) is 2. The van der Waals surface area contributed by atoms with E-state index in [1.54, 1.807) is 0 Å². The van der Waals surface area contributed by atoms with Crippen molar-refractivity contribution in [2.24, 2.45) is 0 Å². The maximum Gasteiger partial charge on any atom is 0.341 e. The summed E-state index contributed by atoms with van der Waals surface area (Å²) in [6, 6.07) is -0.00697. The fourth-order valence-electron chi connectivity index (χ4n) is 3.52. The number of carboxylic acid groups (broad SMARTS) is 1. The van der Waals surface area contributed by atoms with Gasteiger partial charge in [0.1, 0.15) is 23.2 Å². The van der Waals surface area contributed by atoms with E-state index in [2.05, 4.69) is 0 Å². The second-order valence-electron chi connectivity index (χ2n) is 6.71. The van der Waals surface area contributed by atoms with Crippen molar-refractivity contribution in [3.63, 3.8) is 0 Å². The summed E-state index contributed by atoms with van der Waals surface area (Å²) in [4.78, 5) is 25.0. The fraction of sp³-hybridized carbons (Fsp3) is 0.412. The van der Waals surface area contributed by atoms with E-state index in [9.17, 15) is 28.6 Å². The minimum absolute atomic E-state index is 0.0337. The van der Waals surface area contributed by atoms with Crippen LogP contribution in [0.1, 0.15) is 29.2 Å². The predicted octanol–water partition coefficient (Wildman–Crippen LogP) is 1.83. The summed E-state index contributed by atoms with van der Waals surface area (Å²) in [6.07, 6.45) is -0.688. The Bertz CT molecular complexity index is 990. The maximum absolute atomic E-state index is 15.2. The molecule has 138 valence electrons. The van der Waals surface area contributed by atoms with Crippen molar-refractivity contribution in [1.29, 1.82) is 0 Å². The van der Waals surface area contributed by atoms with Gasteiger partial charge in [0.2, 0.25) is 5.43 Å². The van der Waals surface area contributed by atoms with Crippen LogP contribution in [0, 0.1) is 11.6 Å². The lowest BCUT2D eigenvalue weighted by Crippen LogP contribution is -2.25. The number of pyridine rings is 1. The summed E-state index contributed by atoms with van der Waals surface area (Å²) in [5.41, 5.74) is -2.41. The Hall–Kier alpha value is -2.55. The first-order valence-corrected chi connectivity index (χ1v) is 8.16. The van der Waals surface area contributed by atoms with Crippen molar-refractivity contribution in [1.82, 2.24) is 4.57 Å². The smallest absolute Gasteiger partial charge is 0.341 e. The number of carbonyl (C=O) groups is 1. The summed E-state index contributed by atoms with van der Waals surface area (Å²) in [6.45, 7) is 0.263. The van der Waals surface area contributed by atoms with E-state index in [-0.39, 0.29) is 25.0 Å². The lowest BCUT2D eigenvalue weighted by molar-refractivity contribution is 0.0694. The number of fused-ring (bicyclic) bond motifs is 1. The van der Waals surface area contributed by atoms with Crippen LogP contribution in [0.5, 0.6) is 0 Å². The van der Waals surface area contributed by atoms with E-state index in [0.717, 1.165) is 16.8 Å². The van der Waals surface area contributed by atoms with Crippen LogP contribution >= 0.6 is 0 Å². The molecule has 1 saturated heterocycles. The molecule has 2 aromatic rings. The van der Waals surface area contributed by atoms with E-state index < -0.39 is 58.0 Å². The highest BCUT2D eigenvalue weighted by atomic mass is 19.1. The number of aliphatic hydroxyl groups excluding tert-OH is 1. The molecular formula is C17H15F3N2O4. The first-order valence-electron chi connectivity index (χ1n) is 8.16. The Morgan fingerprint density at radius 2 is 2.00 bits per heavy atom. The molecule has 2 unspecified atom stereocenters. The van der Waals surface area contributed by atoms with E-state index >= 15 is 4.39 Å². The number of rotatable bonds is 3. The molecule has 2 heterocycles. The molecule has 9 heteroatoms. The zero-order valence-corrected chi connectivity index (χ0v) is 13.5. The summed E-state index contributed by atoms with van der Waals surface area (Å²) < 4.78 is 44.4. The molecule has 1 aliphatic heterocycles. The first kappa shape index (κ1) is 16.9. The molecule has 26 heavy (non-hydrogen) atoms. The monoisotopic (exact) mass is 368 g/mol. The quantitative estimate of drug-likeness (QED) is 0.864. The van der Waals surface area contributed by atoms with Gasteiger partial charge in [-0.3, -0.25) is 4.79 Å². The third kappa shape index (κ3) is 2.45. The van der Waals surface area contributed by atoms with Crippen LogP contribution in [0.2, 0.25) is 0 Å². The molecule has 2 N–H and O–H groups in total. The number of aromatic carboxylic acids is 1. The van der Waals surface area contributed by atoms with Gasteiger partial charge >= 0.3 is 5.97 Å². The van der Waals surface area contributed by atoms with Crippen molar-refractivity contribution in [3.8, 4) is 0 Å². The Labute approximate surface area is 145 Å². The Morgan fingerprint density at radius 3 is 2.54 bits per heavy atom. The number of β-amino-alcohol motifs (C(OH)–C–C–N with tert-alkyl or cyclic N) is 1. The second kappa shape index (κ2) is 5.73. The molecule has 0 bridgehead atoms. The number of aromatic nitrogens is 1. The van der Waals surface area contributed by atoms with Gasteiger partial charge in [0.05, 0.1) is 23.0 Å². The molecule has 0 radical (unpaired) electrons. The molecular weight excluding hydrogens is 353 g/mol. The molecule has 6 nitrogen and oxygen atoms in total. The summed E-state index contributed by atoms with van der Waals surface area (Å²) in [7, 11) is 0. The SMILES string of the molecule is O=C(O)c1cn(C2C[C@@H]2F)c2c(F)c(N3CCC(O)C3)c(F)cc2c1=O. The Balaban J connectivity index is 2.03. The fourth-order valence-corrected chi connectivity index (χ4v) is 3.52. The zero-order valence-electron chi connectivity index (χ0n) is 13.5. The van der Waals surface area contributed by atoms with Gasteiger partial charge in [0.25, 0.3) is 0 Å². The Kier molecular flexibility index (Phi) is 3.72. The molecule has 1 aromatic heterocycles. The molecule has 0 amide bonds. The highest BCUT2D eigenvalue weighted by molar-refractivity contribution is 5.94. The van der Waals surface area contributed by atoms with Crippen LogP contribution in [0.15, 0.2) is 17.1 Å². The minimum atomic E-state index is -1.55. The van der Waals surface area contributed by atoms with Crippen molar-refractivity contribution >= 4 is 22.6 Å². The summed E-state index contributed by atoms with van der Waals surface area (Å²) in [5.74, 6) is -3.63. The number of carboxylic acids is 1. The molecule has 2 aliphatic rings. The molecule has 1 aromatic carbocycles. The number of benzene rings is 1. The van der Waals surface area contributed by atoms with Gasteiger partial charge in [-0.1, -0.05) is 0 Å². The van der Waals surface area contributed by atoms with Gasteiger partial charge in [-0.05, 0) is 12.5 Å². The van der Waals surface area contributed by atoms with Crippen LogP contribution in [0.3, 0.4) is 0 Å². The highest BCUT2D eigenvalue weighted by Gasteiger charge is 2.41. The molecule has 1 saturated carbocycles. The number of halogens is 3. The standard InChI is InChI=1S/C17H15F3N2O4/c18-10-4-12(10)22-6-9(17(25)26)16(24)8-3-11(19)15(13(20)14(8)22)21-2-1-7(23)5-21/h3,6-7,10,12,23H,1-2,4-5H2,(H,25,26)/t7?,10-,12?/m0/s1. The lowest BCUT2D eigenvalue weighted by atomic mass is 10.1. The van der Waals surface area contributed by atoms with Gasteiger partial charge in [-0.15, -0.1) is 0 Å². The molecule has 4 rings (SSSR count). The van der Waals surface area contributed by atoms with E-state index in [4.69, 9.17) is 0 Å². The van der Waals surface area contributed by atoms with Gasteiger partial charge in [-0.2, -0.15) is 0 Å². The van der Waals surface area contributed by atoms with E-state index in [0.29, 0.717) is 6.42 Å². The number of nitrogens with zero attached hydrogens (tertiary/aromatic N) is 2. The van der Waals surface area contributed by atoms with Crippen LogP contribution in [-0.4, -0.2) is 46.1 Å². The molecule has 0 spiro atoms. The molecule has 3 atom stereocenters. The van der Waals surface area contributed by atoms with Gasteiger partial charge in [0, 0.05) is 25.7 Å². The third-order valence-corrected chi connectivity index (χ3v) is 4.93. The van der Waals surface area contributed by atoms with Crippen molar-refractivity contribution < 1.29 is 28.2 Å². The van der Waals surface area contributed by atoms with Gasteiger partial charge < -0.3 is 19.7 Å². The zero-order chi connectivity index (χ0) is 18.7. The van der Waals surface area contributed by atoms with Crippen molar-refractivity contribution in [2.75, 3.05) is 18.0 Å². The summed E-state index contributed by atoms with van der Waals surface area (Å²) in [5, 5.41) is 18.4. The van der Waals surface area contributed by atoms with E-state index in [1.807, 2.05) is 0 Å². The highest BCUT2D eigenvalue weighted by Crippen LogP contribution is 2.42. The normalized spacial score (nSPS) is 25.1. The van der Waals surface area contributed by atoms with E-state index in [1.165, 1.54) is 4.90 Å². The van der Waals surface area contributed by atoms with Gasteiger partial charge in [-0.25, -0.2) is 18.0 Å². The molecule has 1 aliphatic carbocycles. The van der Waals surface area contributed by atoms with Crippen LogP contribution in [0.25, 0.3) is 10.9 Å². The maximum atomic E-state index is 15.2. The minimum Gasteiger partial charge on any atom is -0.477 e. The van der Waals surface area contributed by atoms with Crippen LogP contribution < -0.4 is 10.3 Å². The summed E-state index contributed by atoms with van der Waals surface area (Å²) >= 11 is 0. The van der Waals surface area contributed by atoms with Crippen LogP contribution in [0.4, 0.5) is 18.9 Å². The number of anilines is 1. The topological polar surface area (TPSA) is 82.8 Å². The predicted molar refractivity (Wildman–Crippen MR) is 86.5 cm³/mol. The largest absolute Gasteiger partial charge is 0.477 e. The average Bonchev–Trinajstić information content (AvgIpc) is 3.14. The van der Waals surface area contributed by atoms with Crippen molar-refractivity contribution in [2.45, 2.75) is 31.2 Å². The van der Waals surface area contributed by atoms with Crippen molar-refractivity contribution in [3.05, 3.63) is 39.7 Å². The average molecular weight is 368 g/mol. The number of aliphatic hydroxyl groups is 1. The number of hydrogen-bond acceptors (Lipinski definition) is 4. The second-order valence-corrected chi connectivity index (χ2v) is 6.71. The molecule has 2 fully saturated rings. The Morgan fingerprint density at radius 1 is 1.31 bits per heavy atom. The lowest BCUT2D eigenvalue weighted by Gasteiger charge is -2.22. The third-order valence-electron chi connectivity index (χ3n) is 4.93. The van der Waals surface area contributed by atoms with Gasteiger partial charge in [0.15, 0.2) is 5.82 Å². The number of alkyl halides is 1. The first-order chi connectivity index (χ1) is 12.3. The van der Waals surface area contributed by atoms with Crippen LogP contribution in [-0.2, 0) is 0 Å².